The van der Waals surface area contributed by atoms with Crippen molar-refractivity contribution in [2.24, 2.45) is 0 Å². The average Bonchev–Trinajstić information content (AvgIpc) is 2.76. The molecule has 20 heavy (non-hydrogen) atoms. The Bertz CT molecular complexity index is 649. The maximum atomic E-state index is 12.2. The number of nitrogens with two attached hydrogens (primary N) is 1. The molecule has 1 aliphatic heterocycles. The van der Waals surface area contributed by atoms with E-state index in [1.54, 1.807) is 0 Å². The first-order valence-electron chi connectivity index (χ1n) is 6.63. The minimum absolute atomic E-state index is 0.144. The number of rotatable bonds is 3. The topological polar surface area (TPSA) is 58.4 Å². The van der Waals surface area contributed by atoms with Gasteiger partial charge in [0.2, 0.25) is 5.91 Å². The molecule has 1 heterocycles. The minimum Gasteiger partial charge on any atom is -0.399 e. The molecule has 102 valence electrons. The maximum Gasteiger partial charge on any atom is 0.231 e. The number of nitrogens with zero attached hydrogens (tertiary/aromatic N) is 1. The van der Waals surface area contributed by atoms with Crippen LogP contribution in [0.2, 0.25) is 0 Å². The van der Waals surface area contributed by atoms with Gasteiger partial charge in [0.1, 0.15) is 0 Å². The number of benzene rings is 2. The van der Waals surface area contributed by atoms with Crippen molar-refractivity contribution in [2.45, 2.75) is 13.0 Å². The van der Waals surface area contributed by atoms with E-state index in [0.717, 1.165) is 28.2 Å². The lowest BCUT2D eigenvalue weighted by Gasteiger charge is -2.18. The van der Waals surface area contributed by atoms with Crippen molar-refractivity contribution in [1.29, 1.82) is 0 Å². The summed E-state index contributed by atoms with van der Waals surface area (Å²) in [5.74, 6) is 0.144. The second-order valence-corrected chi connectivity index (χ2v) is 4.99. The number of nitrogen functional groups attached to an aromatic ring is 1. The number of nitrogens with one attached hydrogen (secondary N) is 1. The van der Waals surface area contributed by atoms with Crippen LogP contribution in [0.3, 0.4) is 0 Å². The first kappa shape index (κ1) is 12.5. The van der Waals surface area contributed by atoms with Crippen molar-refractivity contribution >= 4 is 23.0 Å². The van der Waals surface area contributed by atoms with Gasteiger partial charge in [-0.3, -0.25) is 4.79 Å². The fraction of sp³-hybridized carbons (Fsp3) is 0.188. The maximum absolute atomic E-state index is 12.2. The normalized spacial score (nSPS) is 13.4. The number of hydrogen-bond acceptors (Lipinski definition) is 3. The van der Waals surface area contributed by atoms with E-state index in [-0.39, 0.29) is 5.91 Å². The fourth-order valence-electron chi connectivity index (χ4n) is 2.52. The molecule has 2 aromatic rings. The molecular formula is C16H17N3O. The first-order chi connectivity index (χ1) is 9.67. The molecule has 0 aromatic heterocycles. The Morgan fingerprint density at radius 2 is 1.95 bits per heavy atom. The van der Waals surface area contributed by atoms with E-state index in [0.29, 0.717) is 13.0 Å². The number of hydrogen-bond donors (Lipinski definition) is 2. The van der Waals surface area contributed by atoms with E-state index in [1.807, 2.05) is 54.4 Å². The van der Waals surface area contributed by atoms with Crippen LogP contribution in [0.15, 0.2) is 42.5 Å². The quantitative estimate of drug-likeness (QED) is 0.840. The highest BCUT2D eigenvalue weighted by Crippen LogP contribution is 2.32. The molecular weight excluding hydrogens is 250 g/mol. The molecule has 0 aliphatic carbocycles. The summed E-state index contributed by atoms with van der Waals surface area (Å²) < 4.78 is 0. The van der Waals surface area contributed by atoms with Crippen LogP contribution in [-0.2, 0) is 17.8 Å². The molecule has 1 amide bonds. The molecule has 3 rings (SSSR count). The van der Waals surface area contributed by atoms with Crippen LogP contribution in [0.5, 0.6) is 0 Å². The molecule has 0 fully saturated rings. The van der Waals surface area contributed by atoms with E-state index in [1.165, 1.54) is 0 Å². The lowest BCUT2D eigenvalue weighted by molar-refractivity contribution is -0.117. The Morgan fingerprint density at radius 1 is 1.20 bits per heavy atom. The number of amides is 1. The second-order valence-electron chi connectivity index (χ2n) is 4.99. The number of carbonyl (C=O) groups excluding carboxylic acids is 1. The lowest BCUT2D eigenvalue weighted by Crippen LogP contribution is -2.25. The van der Waals surface area contributed by atoms with Crippen LogP contribution in [-0.4, -0.2) is 13.0 Å². The van der Waals surface area contributed by atoms with Gasteiger partial charge in [-0.1, -0.05) is 12.1 Å². The monoisotopic (exact) mass is 267 g/mol. The van der Waals surface area contributed by atoms with Gasteiger partial charge in [0, 0.05) is 24.1 Å². The van der Waals surface area contributed by atoms with Crippen molar-refractivity contribution in [1.82, 2.24) is 0 Å². The summed E-state index contributed by atoms with van der Waals surface area (Å²) in [4.78, 5) is 14.0. The standard InChI is InChI=1S/C16H17N3O/c1-18-14-6-7-15-12(8-14)9-16(20)19(15)10-11-2-4-13(17)5-3-11/h2-8,18H,9-10,17H2,1H3. The second kappa shape index (κ2) is 4.89. The van der Waals surface area contributed by atoms with Gasteiger partial charge in [0.05, 0.1) is 13.0 Å². The molecule has 0 saturated heterocycles. The largest absolute Gasteiger partial charge is 0.399 e. The molecule has 0 radical (unpaired) electrons. The summed E-state index contributed by atoms with van der Waals surface area (Å²) in [5, 5.41) is 3.10. The van der Waals surface area contributed by atoms with Gasteiger partial charge < -0.3 is 16.0 Å². The Kier molecular flexibility index (Phi) is 3.06. The first-order valence-corrected chi connectivity index (χ1v) is 6.63. The smallest absolute Gasteiger partial charge is 0.231 e. The molecule has 0 saturated carbocycles. The van der Waals surface area contributed by atoms with E-state index in [4.69, 9.17) is 5.73 Å². The highest BCUT2D eigenvalue weighted by Gasteiger charge is 2.27. The van der Waals surface area contributed by atoms with Crippen LogP contribution in [0.4, 0.5) is 17.1 Å². The predicted molar refractivity (Wildman–Crippen MR) is 81.7 cm³/mol. The van der Waals surface area contributed by atoms with Gasteiger partial charge in [-0.05, 0) is 41.5 Å². The van der Waals surface area contributed by atoms with Crippen LogP contribution >= 0.6 is 0 Å². The average molecular weight is 267 g/mol. The summed E-state index contributed by atoms with van der Waals surface area (Å²) in [6.07, 6.45) is 0.472. The molecule has 3 N–H and O–H groups in total. The zero-order valence-electron chi connectivity index (χ0n) is 11.4. The third-order valence-electron chi connectivity index (χ3n) is 3.62. The zero-order chi connectivity index (χ0) is 14.1. The van der Waals surface area contributed by atoms with Gasteiger partial charge in [-0.2, -0.15) is 0 Å². The molecule has 0 spiro atoms. The number of fused-ring (bicyclic) bond motifs is 1. The summed E-state index contributed by atoms with van der Waals surface area (Å²) in [6, 6.07) is 13.7. The third kappa shape index (κ3) is 2.20. The highest BCUT2D eigenvalue weighted by molar-refractivity contribution is 6.01. The summed E-state index contributed by atoms with van der Waals surface area (Å²) in [5.41, 5.74) is 10.6. The third-order valence-corrected chi connectivity index (χ3v) is 3.62. The number of carbonyl (C=O) groups is 1. The Labute approximate surface area is 118 Å². The molecule has 1 aliphatic rings. The van der Waals surface area contributed by atoms with E-state index >= 15 is 0 Å². The Hall–Kier alpha value is -2.49. The molecule has 4 nitrogen and oxygen atoms in total. The van der Waals surface area contributed by atoms with Crippen LogP contribution in [0, 0.1) is 0 Å². The van der Waals surface area contributed by atoms with Crippen molar-refractivity contribution in [3.63, 3.8) is 0 Å². The van der Waals surface area contributed by atoms with Crippen molar-refractivity contribution in [3.05, 3.63) is 53.6 Å². The van der Waals surface area contributed by atoms with Gasteiger partial charge in [-0.15, -0.1) is 0 Å². The van der Waals surface area contributed by atoms with Crippen molar-refractivity contribution in [3.8, 4) is 0 Å². The Morgan fingerprint density at radius 3 is 2.65 bits per heavy atom. The summed E-state index contributed by atoms with van der Waals surface area (Å²) >= 11 is 0. The summed E-state index contributed by atoms with van der Waals surface area (Å²) in [6.45, 7) is 0.588. The molecule has 0 bridgehead atoms. The van der Waals surface area contributed by atoms with E-state index in [2.05, 4.69) is 5.32 Å². The van der Waals surface area contributed by atoms with Gasteiger partial charge >= 0.3 is 0 Å². The van der Waals surface area contributed by atoms with Crippen LogP contribution in [0.25, 0.3) is 0 Å². The molecule has 4 heteroatoms. The van der Waals surface area contributed by atoms with E-state index < -0.39 is 0 Å². The highest BCUT2D eigenvalue weighted by atomic mass is 16.2. The lowest BCUT2D eigenvalue weighted by atomic mass is 10.1. The molecule has 0 atom stereocenters. The predicted octanol–water partition coefficient (Wildman–Crippen LogP) is 2.40. The van der Waals surface area contributed by atoms with Crippen LogP contribution < -0.4 is 16.0 Å². The fourth-order valence-corrected chi connectivity index (χ4v) is 2.52. The molecule has 2 aromatic carbocycles. The van der Waals surface area contributed by atoms with Gasteiger partial charge in [0.15, 0.2) is 0 Å². The van der Waals surface area contributed by atoms with E-state index in [9.17, 15) is 4.79 Å². The molecule has 0 unspecified atom stereocenters. The van der Waals surface area contributed by atoms with Crippen LogP contribution in [0.1, 0.15) is 11.1 Å². The minimum atomic E-state index is 0.144. The van der Waals surface area contributed by atoms with Gasteiger partial charge in [0.25, 0.3) is 0 Å². The Balaban J connectivity index is 1.88. The zero-order valence-corrected chi connectivity index (χ0v) is 11.4. The van der Waals surface area contributed by atoms with Gasteiger partial charge in [-0.25, -0.2) is 0 Å². The SMILES string of the molecule is CNc1ccc2c(c1)CC(=O)N2Cc1ccc(N)cc1. The van der Waals surface area contributed by atoms with Crippen molar-refractivity contribution in [2.75, 3.05) is 23.0 Å². The number of anilines is 3. The van der Waals surface area contributed by atoms with Crippen molar-refractivity contribution < 1.29 is 4.79 Å². The summed E-state index contributed by atoms with van der Waals surface area (Å²) in [7, 11) is 1.88.